The topological polar surface area (TPSA) is 52.4 Å². The molecule has 0 atom stereocenters. The summed E-state index contributed by atoms with van der Waals surface area (Å²) in [5.41, 5.74) is 3.01. The van der Waals surface area contributed by atoms with Gasteiger partial charge in [0, 0.05) is 0 Å². The van der Waals surface area contributed by atoms with Crippen LogP contribution in [0.1, 0.15) is 16.7 Å². The second-order valence-electron chi connectivity index (χ2n) is 2.93. The predicted octanol–water partition coefficient (Wildman–Crippen LogP) is 2.01. The fraction of sp³-hybridized carbons (Fsp3) is 0.333. The predicted molar refractivity (Wildman–Crippen MR) is 47.7 cm³/mol. The molecule has 0 aliphatic carbocycles. The Bertz CT molecular complexity index is 323. The highest BCUT2D eigenvalue weighted by Crippen LogP contribution is 2.11. The second-order valence-corrected chi connectivity index (χ2v) is 2.93. The molecule has 0 amide bonds. The zero-order valence-electron chi connectivity index (χ0n) is 7.61. The summed E-state index contributed by atoms with van der Waals surface area (Å²) in [5, 5.41) is 9.16. The normalized spacial score (nSPS) is 9.69. The second kappa shape index (κ2) is 3.89. The van der Waals surface area contributed by atoms with Crippen LogP contribution in [-0.2, 0) is 11.4 Å². The Balaban J connectivity index is 2.72. The maximum absolute atomic E-state index is 9.93. The highest BCUT2D eigenvalue weighted by molar-refractivity contribution is 5.29. The van der Waals surface area contributed by atoms with Crippen LogP contribution in [-0.4, -0.2) is 5.09 Å². The molecular weight excluding hydrogens is 170 g/mol. The van der Waals surface area contributed by atoms with E-state index in [9.17, 15) is 10.1 Å². The van der Waals surface area contributed by atoms with Gasteiger partial charge >= 0.3 is 0 Å². The van der Waals surface area contributed by atoms with Crippen molar-refractivity contribution in [2.24, 2.45) is 0 Å². The van der Waals surface area contributed by atoms with E-state index in [4.69, 9.17) is 0 Å². The fourth-order valence-electron chi connectivity index (χ4n) is 1.13. The van der Waals surface area contributed by atoms with Crippen molar-refractivity contribution in [3.63, 3.8) is 0 Å². The average Bonchev–Trinajstić information content (AvgIpc) is 2.02. The van der Waals surface area contributed by atoms with E-state index in [1.54, 1.807) is 0 Å². The number of benzene rings is 1. The molecule has 4 nitrogen and oxygen atoms in total. The van der Waals surface area contributed by atoms with E-state index in [1.165, 1.54) is 0 Å². The number of nitrogens with zero attached hydrogens (tertiary/aromatic N) is 1. The van der Waals surface area contributed by atoms with Gasteiger partial charge in [0.1, 0.15) is 6.61 Å². The van der Waals surface area contributed by atoms with Crippen LogP contribution in [0.15, 0.2) is 18.2 Å². The third-order valence-corrected chi connectivity index (χ3v) is 1.82. The molecule has 0 aromatic heterocycles. The molecule has 0 spiro atoms. The molecule has 0 aliphatic heterocycles. The van der Waals surface area contributed by atoms with Gasteiger partial charge < -0.3 is 4.84 Å². The SMILES string of the molecule is Cc1ccc(CO[N+](=O)[O-])c(C)c1. The lowest BCUT2D eigenvalue weighted by Gasteiger charge is -2.04. The summed E-state index contributed by atoms with van der Waals surface area (Å²) in [6.45, 7) is 3.91. The van der Waals surface area contributed by atoms with Crippen molar-refractivity contribution in [2.75, 3.05) is 0 Å². The number of hydrogen-bond acceptors (Lipinski definition) is 3. The molecule has 4 heteroatoms. The van der Waals surface area contributed by atoms with Gasteiger partial charge in [-0.2, -0.15) is 0 Å². The summed E-state index contributed by atoms with van der Waals surface area (Å²) in [7, 11) is 0. The van der Waals surface area contributed by atoms with Crippen molar-refractivity contribution in [2.45, 2.75) is 20.5 Å². The van der Waals surface area contributed by atoms with E-state index < -0.39 is 5.09 Å². The minimum Gasteiger partial charge on any atom is -0.309 e. The summed E-state index contributed by atoms with van der Waals surface area (Å²) in [4.78, 5) is 14.2. The van der Waals surface area contributed by atoms with E-state index >= 15 is 0 Å². The Kier molecular flexibility index (Phi) is 2.84. The largest absolute Gasteiger partial charge is 0.309 e. The van der Waals surface area contributed by atoms with Gasteiger partial charge in [0.05, 0.1) is 0 Å². The van der Waals surface area contributed by atoms with E-state index in [2.05, 4.69) is 4.84 Å². The standard InChI is InChI=1S/C9H11NO3/c1-7-3-4-9(8(2)5-7)6-13-10(11)12/h3-5H,6H2,1-2H3. The molecule has 1 aromatic carbocycles. The first kappa shape index (κ1) is 9.51. The van der Waals surface area contributed by atoms with Crippen LogP contribution in [0.2, 0.25) is 0 Å². The molecule has 0 fully saturated rings. The fourth-order valence-corrected chi connectivity index (χ4v) is 1.13. The maximum atomic E-state index is 9.93. The lowest BCUT2D eigenvalue weighted by atomic mass is 10.1. The minimum absolute atomic E-state index is 0.0269. The number of aryl methyl sites for hydroxylation is 2. The van der Waals surface area contributed by atoms with Crippen molar-refractivity contribution in [1.29, 1.82) is 0 Å². The smallest absolute Gasteiger partial charge is 0.294 e. The number of rotatable bonds is 3. The number of hydrogen-bond donors (Lipinski definition) is 0. The van der Waals surface area contributed by atoms with Crippen LogP contribution in [0.5, 0.6) is 0 Å². The molecule has 0 heterocycles. The molecule has 70 valence electrons. The Morgan fingerprint density at radius 1 is 1.46 bits per heavy atom. The minimum atomic E-state index is -0.778. The van der Waals surface area contributed by atoms with Crippen LogP contribution >= 0.6 is 0 Å². The van der Waals surface area contributed by atoms with Gasteiger partial charge in [-0.3, -0.25) is 0 Å². The molecule has 0 saturated carbocycles. The van der Waals surface area contributed by atoms with Gasteiger partial charge in [-0.25, -0.2) is 0 Å². The van der Waals surface area contributed by atoms with E-state index in [-0.39, 0.29) is 6.61 Å². The molecule has 13 heavy (non-hydrogen) atoms. The van der Waals surface area contributed by atoms with Crippen molar-refractivity contribution >= 4 is 0 Å². The lowest BCUT2D eigenvalue weighted by molar-refractivity contribution is -0.763. The summed E-state index contributed by atoms with van der Waals surface area (Å²) in [6, 6.07) is 5.72. The summed E-state index contributed by atoms with van der Waals surface area (Å²) in [5.74, 6) is 0. The van der Waals surface area contributed by atoms with E-state index in [0.717, 1.165) is 16.7 Å². The Hall–Kier alpha value is -1.58. The molecule has 0 N–H and O–H groups in total. The first-order valence-electron chi connectivity index (χ1n) is 3.93. The summed E-state index contributed by atoms with van der Waals surface area (Å²) in [6.07, 6.45) is 0. The lowest BCUT2D eigenvalue weighted by Crippen LogP contribution is -2.01. The molecule has 1 aromatic rings. The quantitative estimate of drug-likeness (QED) is 0.529. The Morgan fingerprint density at radius 3 is 2.69 bits per heavy atom. The highest BCUT2D eigenvalue weighted by atomic mass is 16.9. The molecule has 1 rings (SSSR count). The molecule has 0 saturated heterocycles. The highest BCUT2D eigenvalue weighted by Gasteiger charge is 2.00. The zero-order chi connectivity index (χ0) is 9.84. The van der Waals surface area contributed by atoms with Crippen molar-refractivity contribution in [3.8, 4) is 0 Å². The van der Waals surface area contributed by atoms with Crippen LogP contribution in [0.25, 0.3) is 0 Å². The van der Waals surface area contributed by atoms with Gasteiger partial charge in [0.2, 0.25) is 0 Å². The first-order chi connectivity index (χ1) is 6.09. The van der Waals surface area contributed by atoms with Gasteiger partial charge in [-0.15, -0.1) is 10.1 Å². The summed E-state index contributed by atoms with van der Waals surface area (Å²) >= 11 is 0. The maximum Gasteiger partial charge on any atom is 0.294 e. The van der Waals surface area contributed by atoms with Crippen molar-refractivity contribution in [1.82, 2.24) is 0 Å². The first-order valence-corrected chi connectivity index (χ1v) is 3.93. The monoisotopic (exact) mass is 181 g/mol. The molecule has 0 radical (unpaired) electrons. The third-order valence-electron chi connectivity index (χ3n) is 1.82. The van der Waals surface area contributed by atoms with Gasteiger partial charge in [-0.05, 0) is 25.0 Å². The van der Waals surface area contributed by atoms with Crippen molar-refractivity contribution in [3.05, 3.63) is 45.0 Å². The van der Waals surface area contributed by atoms with Crippen LogP contribution in [0.3, 0.4) is 0 Å². The Morgan fingerprint density at radius 2 is 2.15 bits per heavy atom. The summed E-state index contributed by atoms with van der Waals surface area (Å²) < 4.78 is 0. The van der Waals surface area contributed by atoms with Gasteiger partial charge in [0.15, 0.2) is 0 Å². The van der Waals surface area contributed by atoms with E-state index in [1.807, 2.05) is 32.0 Å². The van der Waals surface area contributed by atoms with Crippen LogP contribution in [0, 0.1) is 24.0 Å². The molecule has 0 unspecified atom stereocenters. The van der Waals surface area contributed by atoms with Crippen LogP contribution in [0.4, 0.5) is 0 Å². The zero-order valence-corrected chi connectivity index (χ0v) is 7.61. The average molecular weight is 181 g/mol. The molecule has 0 bridgehead atoms. The van der Waals surface area contributed by atoms with Gasteiger partial charge in [-0.1, -0.05) is 23.8 Å². The van der Waals surface area contributed by atoms with Gasteiger partial charge in [0.25, 0.3) is 5.09 Å². The molecule has 0 aliphatic rings. The van der Waals surface area contributed by atoms with Crippen LogP contribution < -0.4 is 0 Å². The third kappa shape index (κ3) is 2.74. The Labute approximate surface area is 76.2 Å². The molecular formula is C9H11NO3. The van der Waals surface area contributed by atoms with E-state index in [0.29, 0.717) is 0 Å². The van der Waals surface area contributed by atoms with Crippen molar-refractivity contribution < 1.29 is 9.92 Å².